The number of fused-ring (bicyclic) bond motifs is 1. The van der Waals surface area contributed by atoms with Gasteiger partial charge in [-0.2, -0.15) is 5.10 Å². The number of aryl methyl sites for hydroxylation is 3. The molecule has 118 valence electrons. The van der Waals surface area contributed by atoms with Crippen molar-refractivity contribution in [1.82, 2.24) is 20.1 Å². The Labute approximate surface area is 134 Å². The molecule has 1 fully saturated rings. The molecule has 3 heterocycles. The second kappa shape index (κ2) is 5.76. The Morgan fingerprint density at radius 1 is 1.45 bits per heavy atom. The number of hydrogen-bond acceptors (Lipinski definition) is 5. The molecule has 0 saturated carbocycles. The van der Waals surface area contributed by atoms with Crippen molar-refractivity contribution in [2.24, 2.45) is 7.05 Å². The molecule has 1 aliphatic carbocycles. The van der Waals surface area contributed by atoms with Crippen LogP contribution in [0.2, 0.25) is 0 Å². The van der Waals surface area contributed by atoms with E-state index >= 15 is 0 Å². The predicted octanol–water partition coefficient (Wildman–Crippen LogP) is 2.29. The van der Waals surface area contributed by atoms with Gasteiger partial charge in [-0.1, -0.05) is 0 Å². The van der Waals surface area contributed by atoms with E-state index in [1.807, 2.05) is 29.3 Å². The fraction of sp³-hybridized carbons (Fsp3) is 0.625. The van der Waals surface area contributed by atoms with Crippen LogP contribution in [0.5, 0.6) is 0 Å². The van der Waals surface area contributed by atoms with Gasteiger partial charge in [0, 0.05) is 42.4 Å². The lowest BCUT2D eigenvalue weighted by Gasteiger charge is -2.19. The molecule has 2 aromatic rings. The Morgan fingerprint density at radius 3 is 3.14 bits per heavy atom. The highest BCUT2D eigenvalue weighted by molar-refractivity contribution is 7.11. The van der Waals surface area contributed by atoms with E-state index in [1.165, 1.54) is 39.7 Å². The molecule has 0 radical (unpaired) electrons. The van der Waals surface area contributed by atoms with Crippen molar-refractivity contribution in [3.63, 3.8) is 0 Å². The van der Waals surface area contributed by atoms with Gasteiger partial charge >= 0.3 is 0 Å². The first kappa shape index (κ1) is 14.4. The van der Waals surface area contributed by atoms with Crippen LogP contribution in [-0.2, 0) is 31.2 Å². The first-order valence-corrected chi connectivity index (χ1v) is 8.85. The van der Waals surface area contributed by atoms with Crippen LogP contribution in [0.3, 0.4) is 0 Å². The molecule has 4 rings (SSSR count). The van der Waals surface area contributed by atoms with Crippen LogP contribution in [0.15, 0.2) is 6.20 Å². The van der Waals surface area contributed by atoms with Crippen LogP contribution in [0, 0.1) is 6.92 Å². The van der Waals surface area contributed by atoms with Gasteiger partial charge in [-0.25, -0.2) is 4.98 Å². The molecule has 0 unspecified atom stereocenters. The lowest BCUT2D eigenvalue weighted by molar-refractivity contribution is 0.0979. The highest BCUT2D eigenvalue weighted by atomic mass is 32.1. The molecule has 2 aliphatic rings. The second-order valence-corrected chi connectivity index (χ2v) is 7.38. The van der Waals surface area contributed by atoms with Crippen LogP contribution >= 0.6 is 11.3 Å². The smallest absolute Gasteiger partial charge is 0.107 e. The van der Waals surface area contributed by atoms with E-state index in [0.717, 1.165) is 26.0 Å². The third-order valence-corrected chi connectivity index (χ3v) is 5.98. The monoisotopic (exact) mass is 318 g/mol. The molecular formula is C16H22N4OS. The minimum atomic E-state index is 0.112. The van der Waals surface area contributed by atoms with Gasteiger partial charge in [-0.15, -0.1) is 11.3 Å². The normalized spacial score (nSPS) is 24.1. The van der Waals surface area contributed by atoms with Crippen LogP contribution in [0.25, 0.3) is 0 Å². The summed E-state index contributed by atoms with van der Waals surface area (Å²) in [5, 5.41) is 9.22. The number of rotatable bonds is 4. The van der Waals surface area contributed by atoms with Crippen LogP contribution < -0.4 is 5.32 Å². The fourth-order valence-electron chi connectivity index (χ4n) is 3.44. The highest BCUT2D eigenvalue weighted by Crippen LogP contribution is 2.32. The van der Waals surface area contributed by atoms with Gasteiger partial charge in [0.2, 0.25) is 0 Å². The number of thiazole rings is 1. The lowest BCUT2D eigenvalue weighted by atomic mass is 10.0. The van der Waals surface area contributed by atoms with Crippen LogP contribution in [0.1, 0.15) is 45.8 Å². The molecule has 5 nitrogen and oxygen atoms in total. The summed E-state index contributed by atoms with van der Waals surface area (Å²) in [6.07, 6.45) is 6.76. The number of ether oxygens (including phenoxy) is 1. The Balaban J connectivity index is 1.44. The van der Waals surface area contributed by atoms with Crippen molar-refractivity contribution in [1.29, 1.82) is 0 Å². The molecule has 1 aliphatic heterocycles. The predicted molar refractivity (Wildman–Crippen MR) is 86.0 cm³/mol. The quantitative estimate of drug-likeness (QED) is 0.940. The summed E-state index contributed by atoms with van der Waals surface area (Å²) < 4.78 is 7.88. The SMILES string of the molecule is Cc1c([C@H]2OCC[C@@H]2NCc2nc3c(s2)CCC3)cnn1C. The first-order valence-electron chi connectivity index (χ1n) is 8.03. The maximum Gasteiger partial charge on any atom is 0.107 e. The van der Waals surface area contributed by atoms with Gasteiger partial charge in [0.25, 0.3) is 0 Å². The maximum atomic E-state index is 5.96. The van der Waals surface area contributed by atoms with Crippen molar-refractivity contribution in [3.8, 4) is 0 Å². The zero-order chi connectivity index (χ0) is 15.1. The van der Waals surface area contributed by atoms with E-state index in [0.29, 0.717) is 6.04 Å². The molecule has 6 heteroatoms. The summed E-state index contributed by atoms with van der Waals surface area (Å²) in [6.45, 7) is 3.76. The minimum absolute atomic E-state index is 0.112. The summed E-state index contributed by atoms with van der Waals surface area (Å²) >= 11 is 1.88. The number of hydrogen-bond donors (Lipinski definition) is 1. The maximum absolute atomic E-state index is 5.96. The van der Waals surface area contributed by atoms with E-state index < -0.39 is 0 Å². The van der Waals surface area contributed by atoms with Gasteiger partial charge in [-0.3, -0.25) is 4.68 Å². The van der Waals surface area contributed by atoms with Crippen LogP contribution in [-0.4, -0.2) is 27.4 Å². The zero-order valence-corrected chi connectivity index (χ0v) is 13.9. The molecule has 0 amide bonds. The van der Waals surface area contributed by atoms with Crippen molar-refractivity contribution in [2.45, 2.75) is 51.3 Å². The zero-order valence-electron chi connectivity index (χ0n) is 13.1. The summed E-state index contributed by atoms with van der Waals surface area (Å²) in [5.74, 6) is 0. The first-order chi connectivity index (χ1) is 10.7. The molecule has 2 atom stereocenters. The van der Waals surface area contributed by atoms with Gasteiger partial charge in [0.05, 0.1) is 11.9 Å². The van der Waals surface area contributed by atoms with Gasteiger partial charge in [-0.05, 0) is 32.6 Å². The molecular weight excluding hydrogens is 296 g/mol. The van der Waals surface area contributed by atoms with Gasteiger partial charge in [0.15, 0.2) is 0 Å². The standard InChI is InChI=1S/C16H22N4OS/c1-10-11(8-18-20(10)2)16-13(6-7-21-16)17-9-15-19-12-4-3-5-14(12)22-15/h8,13,16-17H,3-7,9H2,1-2H3/t13-,16+/m0/s1. The Kier molecular flexibility index (Phi) is 3.76. The van der Waals surface area contributed by atoms with E-state index in [9.17, 15) is 0 Å². The third kappa shape index (κ3) is 2.49. The van der Waals surface area contributed by atoms with Gasteiger partial charge < -0.3 is 10.1 Å². The Morgan fingerprint density at radius 2 is 2.36 bits per heavy atom. The number of aromatic nitrogens is 3. The Bertz CT molecular complexity index is 656. The largest absolute Gasteiger partial charge is 0.372 e. The van der Waals surface area contributed by atoms with E-state index in [4.69, 9.17) is 9.72 Å². The van der Waals surface area contributed by atoms with Crippen molar-refractivity contribution in [3.05, 3.63) is 33.0 Å². The van der Waals surface area contributed by atoms with Crippen molar-refractivity contribution in [2.75, 3.05) is 6.61 Å². The summed E-state index contributed by atoms with van der Waals surface area (Å²) in [6, 6.07) is 0.349. The number of nitrogens with one attached hydrogen (secondary N) is 1. The summed E-state index contributed by atoms with van der Waals surface area (Å²) in [7, 11) is 1.98. The van der Waals surface area contributed by atoms with Gasteiger partial charge in [0.1, 0.15) is 11.1 Å². The average molecular weight is 318 g/mol. The fourth-order valence-corrected chi connectivity index (χ4v) is 4.55. The molecule has 1 N–H and O–H groups in total. The minimum Gasteiger partial charge on any atom is -0.372 e. The average Bonchev–Trinajstić information content (AvgIpc) is 3.23. The van der Waals surface area contributed by atoms with E-state index in [2.05, 4.69) is 17.3 Å². The van der Waals surface area contributed by atoms with E-state index in [1.54, 1.807) is 0 Å². The molecule has 22 heavy (non-hydrogen) atoms. The summed E-state index contributed by atoms with van der Waals surface area (Å²) in [5.41, 5.74) is 3.73. The van der Waals surface area contributed by atoms with Crippen molar-refractivity contribution < 1.29 is 4.74 Å². The third-order valence-electron chi connectivity index (χ3n) is 4.83. The molecule has 0 aromatic carbocycles. The molecule has 0 spiro atoms. The van der Waals surface area contributed by atoms with E-state index in [-0.39, 0.29) is 6.10 Å². The lowest BCUT2D eigenvalue weighted by Crippen LogP contribution is -2.31. The Hall–Kier alpha value is -1.24. The molecule has 1 saturated heterocycles. The highest BCUT2D eigenvalue weighted by Gasteiger charge is 2.32. The topological polar surface area (TPSA) is 52.0 Å². The summed E-state index contributed by atoms with van der Waals surface area (Å²) in [4.78, 5) is 6.27. The second-order valence-electron chi connectivity index (χ2n) is 6.21. The molecule has 0 bridgehead atoms. The molecule has 2 aromatic heterocycles. The van der Waals surface area contributed by atoms with Crippen molar-refractivity contribution >= 4 is 11.3 Å². The van der Waals surface area contributed by atoms with Crippen LogP contribution in [0.4, 0.5) is 0 Å². The number of nitrogens with zero attached hydrogens (tertiary/aromatic N) is 3.